The van der Waals surface area contributed by atoms with Gasteiger partial charge < -0.3 is 10.6 Å². The van der Waals surface area contributed by atoms with E-state index in [1.54, 1.807) is 12.1 Å². The average molecular weight is 382 g/mol. The van der Waals surface area contributed by atoms with Crippen LogP contribution < -0.4 is 16.0 Å². The Labute approximate surface area is 162 Å². The van der Waals surface area contributed by atoms with Crippen molar-refractivity contribution in [2.45, 2.75) is 50.2 Å². The molecule has 3 fully saturated rings. The molecule has 2 saturated heterocycles. The lowest BCUT2D eigenvalue weighted by Crippen LogP contribution is -2.54. The third-order valence-corrected chi connectivity index (χ3v) is 6.65. The van der Waals surface area contributed by atoms with Gasteiger partial charge in [-0.25, -0.2) is 0 Å². The van der Waals surface area contributed by atoms with Crippen LogP contribution in [0.3, 0.4) is 0 Å². The van der Waals surface area contributed by atoms with Crippen molar-refractivity contribution < 1.29 is 19.2 Å². The highest BCUT2D eigenvalue weighted by Gasteiger charge is 2.46. The van der Waals surface area contributed by atoms with Gasteiger partial charge in [0, 0.05) is 30.7 Å². The smallest absolute Gasteiger partial charge is 0.262 e. The first-order valence-electron chi connectivity index (χ1n) is 9.83. The van der Waals surface area contributed by atoms with E-state index in [9.17, 15) is 19.2 Å². The van der Waals surface area contributed by atoms with Crippen molar-refractivity contribution in [2.75, 3.05) is 11.4 Å². The normalized spacial score (nSPS) is 32.0. The number of nitrogens with one attached hydrogen (secondary N) is 1. The van der Waals surface area contributed by atoms with Crippen LogP contribution in [0.15, 0.2) is 18.2 Å². The summed E-state index contributed by atoms with van der Waals surface area (Å²) in [6.07, 6.45) is 3.51. The lowest BCUT2D eigenvalue weighted by atomic mass is 10.0. The summed E-state index contributed by atoms with van der Waals surface area (Å²) in [6, 6.07) is 4.76. The minimum atomic E-state index is -0.937. The first kappa shape index (κ1) is 17.4. The maximum Gasteiger partial charge on any atom is 0.262 e. The van der Waals surface area contributed by atoms with Crippen molar-refractivity contribution in [2.24, 2.45) is 11.7 Å². The Kier molecular flexibility index (Phi) is 3.80. The van der Waals surface area contributed by atoms with E-state index in [0.29, 0.717) is 17.0 Å². The Hall–Kier alpha value is -2.74. The summed E-state index contributed by atoms with van der Waals surface area (Å²) in [4.78, 5) is 52.6. The molecule has 4 amide bonds. The van der Waals surface area contributed by atoms with Crippen LogP contribution in [0.2, 0.25) is 0 Å². The molecule has 0 aromatic heterocycles. The lowest BCUT2D eigenvalue weighted by Gasteiger charge is -2.29. The van der Waals surface area contributed by atoms with Crippen molar-refractivity contribution in [3.05, 3.63) is 29.3 Å². The highest BCUT2D eigenvalue weighted by molar-refractivity contribution is 6.23. The van der Waals surface area contributed by atoms with Gasteiger partial charge in [-0.1, -0.05) is 0 Å². The minimum Gasteiger partial charge on any atom is -0.367 e. The van der Waals surface area contributed by atoms with E-state index >= 15 is 0 Å². The van der Waals surface area contributed by atoms with Crippen LogP contribution in [0, 0.1) is 5.92 Å². The van der Waals surface area contributed by atoms with E-state index < -0.39 is 23.8 Å². The molecule has 1 unspecified atom stereocenters. The molecule has 0 radical (unpaired) electrons. The van der Waals surface area contributed by atoms with Gasteiger partial charge in [0.1, 0.15) is 6.04 Å². The molecular weight excluding hydrogens is 360 g/mol. The molecule has 3 N–H and O–H groups in total. The maximum absolute atomic E-state index is 13.0. The minimum absolute atomic E-state index is 0.115. The molecule has 1 aromatic rings. The van der Waals surface area contributed by atoms with Gasteiger partial charge in [0.25, 0.3) is 11.8 Å². The van der Waals surface area contributed by atoms with Crippen molar-refractivity contribution in [3.63, 3.8) is 0 Å². The number of piperidine rings is 1. The molecule has 1 saturated carbocycles. The van der Waals surface area contributed by atoms with Gasteiger partial charge in [0.05, 0.1) is 11.1 Å². The zero-order valence-corrected chi connectivity index (χ0v) is 15.4. The predicted octanol–water partition coefficient (Wildman–Crippen LogP) is 0.404. The van der Waals surface area contributed by atoms with Gasteiger partial charge in [-0.3, -0.25) is 29.4 Å². The fraction of sp³-hybridized carbons (Fsp3) is 0.500. The summed E-state index contributed by atoms with van der Waals surface area (Å²) >= 11 is 0. The molecule has 0 bridgehead atoms. The fourth-order valence-corrected chi connectivity index (χ4v) is 5.29. The largest absolute Gasteiger partial charge is 0.367 e. The number of hydrogen-bond donors (Lipinski definition) is 2. The Morgan fingerprint density at radius 2 is 1.75 bits per heavy atom. The van der Waals surface area contributed by atoms with E-state index in [0.717, 1.165) is 36.4 Å². The van der Waals surface area contributed by atoms with Gasteiger partial charge >= 0.3 is 0 Å². The van der Waals surface area contributed by atoms with Gasteiger partial charge in [-0.2, -0.15) is 0 Å². The lowest BCUT2D eigenvalue weighted by molar-refractivity contribution is -0.136. The van der Waals surface area contributed by atoms with Crippen LogP contribution in [-0.2, 0) is 9.59 Å². The van der Waals surface area contributed by atoms with Crippen LogP contribution in [0.4, 0.5) is 5.69 Å². The van der Waals surface area contributed by atoms with Gasteiger partial charge in [0.15, 0.2) is 0 Å². The molecule has 1 aromatic carbocycles. The second-order valence-corrected chi connectivity index (χ2v) is 8.15. The Morgan fingerprint density at radius 1 is 0.964 bits per heavy atom. The molecular formula is C20H22N4O4. The third kappa shape index (κ3) is 2.40. The number of carbonyl (C=O) groups is 4. The number of fused-ring (bicyclic) bond motifs is 2. The topological polar surface area (TPSA) is 113 Å². The summed E-state index contributed by atoms with van der Waals surface area (Å²) in [5.74, 6) is -1.33. The number of nitrogens with zero attached hydrogens (tertiary/aromatic N) is 2. The Morgan fingerprint density at radius 3 is 2.54 bits per heavy atom. The first-order chi connectivity index (χ1) is 13.5. The molecule has 4 aliphatic rings. The van der Waals surface area contributed by atoms with Gasteiger partial charge in [-0.15, -0.1) is 0 Å². The molecule has 1 aliphatic carbocycles. The van der Waals surface area contributed by atoms with Crippen LogP contribution in [0.25, 0.3) is 0 Å². The SMILES string of the molecule is N[C@@H]1CC[C@H]2CCN(c3ccc4c(c3)C(=O)N(C3CCC(=O)NC3=O)C4=O)[C@H]21. The Balaban J connectivity index is 1.45. The highest BCUT2D eigenvalue weighted by atomic mass is 16.2. The summed E-state index contributed by atoms with van der Waals surface area (Å²) in [5.41, 5.74) is 7.84. The van der Waals surface area contributed by atoms with Crippen molar-refractivity contribution in [3.8, 4) is 0 Å². The molecule has 8 nitrogen and oxygen atoms in total. The van der Waals surface area contributed by atoms with Crippen molar-refractivity contribution >= 4 is 29.3 Å². The van der Waals surface area contributed by atoms with Crippen LogP contribution >= 0.6 is 0 Å². The van der Waals surface area contributed by atoms with Gasteiger partial charge in [0.2, 0.25) is 11.8 Å². The number of hydrogen-bond acceptors (Lipinski definition) is 6. The predicted molar refractivity (Wildman–Crippen MR) is 99.6 cm³/mol. The van der Waals surface area contributed by atoms with E-state index in [2.05, 4.69) is 10.2 Å². The Bertz CT molecular complexity index is 913. The molecule has 146 valence electrons. The summed E-state index contributed by atoms with van der Waals surface area (Å²) < 4.78 is 0. The molecule has 8 heteroatoms. The molecule has 4 atom stereocenters. The maximum atomic E-state index is 13.0. The summed E-state index contributed by atoms with van der Waals surface area (Å²) in [5, 5.41) is 2.21. The standard InChI is InChI=1S/C20H22N4O4/c21-14-4-1-10-7-8-23(17(10)14)11-2-3-12-13(9-11)20(28)24(19(12)27)15-5-6-16(25)22-18(15)26/h2-3,9-10,14-15,17H,1,4-8,21H2,(H,22,25,26)/t10-,14+,15?,17+/m0/s1. The van der Waals surface area contributed by atoms with E-state index in [1.807, 2.05) is 6.07 Å². The highest BCUT2D eigenvalue weighted by Crippen LogP contribution is 2.41. The monoisotopic (exact) mass is 382 g/mol. The fourth-order valence-electron chi connectivity index (χ4n) is 5.29. The average Bonchev–Trinajstić information content (AvgIpc) is 3.32. The number of nitrogens with two attached hydrogens (primary N) is 1. The number of carbonyl (C=O) groups excluding carboxylic acids is 4. The summed E-state index contributed by atoms with van der Waals surface area (Å²) in [7, 11) is 0. The number of imide groups is 2. The van der Waals surface area contributed by atoms with E-state index in [1.165, 1.54) is 0 Å². The van der Waals surface area contributed by atoms with Crippen LogP contribution in [-0.4, -0.2) is 53.2 Å². The zero-order valence-electron chi connectivity index (χ0n) is 15.4. The zero-order chi connectivity index (χ0) is 19.6. The van der Waals surface area contributed by atoms with Crippen LogP contribution in [0.5, 0.6) is 0 Å². The summed E-state index contributed by atoms with van der Waals surface area (Å²) in [6.45, 7) is 0.890. The molecule has 5 rings (SSSR count). The van der Waals surface area contributed by atoms with E-state index in [4.69, 9.17) is 5.73 Å². The molecule has 0 spiro atoms. The van der Waals surface area contributed by atoms with E-state index in [-0.39, 0.29) is 30.8 Å². The van der Waals surface area contributed by atoms with Crippen molar-refractivity contribution in [1.82, 2.24) is 10.2 Å². The molecule has 3 aliphatic heterocycles. The van der Waals surface area contributed by atoms with Crippen LogP contribution in [0.1, 0.15) is 52.8 Å². The quantitative estimate of drug-likeness (QED) is 0.716. The number of benzene rings is 1. The number of amides is 4. The second kappa shape index (κ2) is 6.13. The van der Waals surface area contributed by atoms with Crippen molar-refractivity contribution in [1.29, 1.82) is 0 Å². The second-order valence-electron chi connectivity index (χ2n) is 8.15. The number of anilines is 1. The first-order valence-corrected chi connectivity index (χ1v) is 9.83. The number of rotatable bonds is 2. The third-order valence-electron chi connectivity index (χ3n) is 6.65. The molecule has 3 heterocycles. The van der Waals surface area contributed by atoms with Gasteiger partial charge in [-0.05, 0) is 49.8 Å². The molecule has 28 heavy (non-hydrogen) atoms.